The molecule has 1 N–H and O–H groups in total. The van der Waals surface area contributed by atoms with E-state index in [1.165, 1.54) is 44.1 Å². The second-order valence-electron chi connectivity index (χ2n) is 6.92. The number of nitrogens with one attached hydrogen (secondary N) is 1. The minimum absolute atomic E-state index is 0.294. The van der Waals surface area contributed by atoms with Crippen LogP contribution in [0.25, 0.3) is 0 Å². The highest BCUT2D eigenvalue weighted by Crippen LogP contribution is 2.27. The Kier molecular flexibility index (Phi) is 5.49. The largest absolute Gasteiger partial charge is 0.342 e. The standard InChI is InChI=1S/C19H28N2O/c22-19(15-20-14-18-8-9-18)21-12-10-17(11-13-21)7-6-16-4-2-1-3-5-16/h1-5,17-18,20H,6-15H2. The van der Waals surface area contributed by atoms with Crippen LogP contribution in [0.5, 0.6) is 0 Å². The van der Waals surface area contributed by atoms with E-state index < -0.39 is 0 Å². The van der Waals surface area contributed by atoms with E-state index in [4.69, 9.17) is 0 Å². The van der Waals surface area contributed by atoms with Gasteiger partial charge < -0.3 is 10.2 Å². The van der Waals surface area contributed by atoms with Crippen LogP contribution in [0.1, 0.15) is 37.7 Å². The molecule has 1 aromatic carbocycles. The number of benzene rings is 1. The van der Waals surface area contributed by atoms with Crippen LogP contribution < -0.4 is 5.32 Å². The molecule has 2 aliphatic rings. The van der Waals surface area contributed by atoms with E-state index in [9.17, 15) is 4.79 Å². The number of hydrogen-bond acceptors (Lipinski definition) is 2. The Hall–Kier alpha value is -1.35. The molecule has 1 saturated carbocycles. The van der Waals surface area contributed by atoms with Gasteiger partial charge in [-0.2, -0.15) is 0 Å². The lowest BCUT2D eigenvalue weighted by Crippen LogP contribution is -2.43. The molecule has 1 heterocycles. The van der Waals surface area contributed by atoms with Gasteiger partial charge in [0.1, 0.15) is 0 Å². The molecule has 0 atom stereocenters. The Bertz CT molecular complexity index is 462. The van der Waals surface area contributed by atoms with E-state index in [2.05, 4.69) is 40.5 Å². The Morgan fingerprint density at radius 2 is 1.77 bits per heavy atom. The van der Waals surface area contributed by atoms with Crippen molar-refractivity contribution in [2.45, 2.75) is 38.5 Å². The van der Waals surface area contributed by atoms with Gasteiger partial charge in [0.05, 0.1) is 6.54 Å². The number of likely N-dealkylation sites (tertiary alicyclic amines) is 1. The summed E-state index contributed by atoms with van der Waals surface area (Å²) in [5.41, 5.74) is 1.44. The van der Waals surface area contributed by atoms with E-state index >= 15 is 0 Å². The average molecular weight is 300 g/mol. The molecule has 120 valence electrons. The maximum atomic E-state index is 12.1. The van der Waals surface area contributed by atoms with Gasteiger partial charge in [-0.1, -0.05) is 30.3 Å². The van der Waals surface area contributed by atoms with Crippen molar-refractivity contribution in [3.05, 3.63) is 35.9 Å². The Morgan fingerprint density at radius 3 is 2.45 bits per heavy atom. The van der Waals surface area contributed by atoms with E-state index in [0.717, 1.165) is 31.5 Å². The predicted octanol–water partition coefficient (Wildman–Crippen LogP) is 2.86. The predicted molar refractivity (Wildman–Crippen MR) is 89.7 cm³/mol. The van der Waals surface area contributed by atoms with Gasteiger partial charge in [-0.05, 0) is 62.5 Å². The van der Waals surface area contributed by atoms with Crippen molar-refractivity contribution in [1.82, 2.24) is 10.2 Å². The van der Waals surface area contributed by atoms with Gasteiger partial charge in [0, 0.05) is 13.1 Å². The van der Waals surface area contributed by atoms with Crippen molar-refractivity contribution in [3.8, 4) is 0 Å². The van der Waals surface area contributed by atoms with Crippen molar-refractivity contribution in [2.75, 3.05) is 26.2 Å². The third-order valence-corrected chi connectivity index (χ3v) is 5.06. The SMILES string of the molecule is O=C(CNCC1CC1)N1CCC(CCc2ccccc2)CC1. The van der Waals surface area contributed by atoms with E-state index in [-0.39, 0.29) is 0 Å². The molecule has 22 heavy (non-hydrogen) atoms. The number of piperidine rings is 1. The fourth-order valence-corrected chi connectivity index (χ4v) is 3.30. The zero-order valence-electron chi connectivity index (χ0n) is 13.5. The van der Waals surface area contributed by atoms with E-state index in [0.29, 0.717) is 12.5 Å². The normalized spacial score (nSPS) is 19.4. The van der Waals surface area contributed by atoms with Crippen LogP contribution in [0.2, 0.25) is 0 Å². The van der Waals surface area contributed by atoms with Crippen molar-refractivity contribution in [2.24, 2.45) is 11.8 Å². The molecule has 0 bridgehead atoms. The molecular formula is C19H28N2O. The van der Waals surface area contributed by atoms with E-state index in [1.54, 1.807) is 0 Å². The first-order valence-corrected chi connectivity index (χ1v) is 8.83. The first-order chi connectivity index (χ1) is 10.8. The lowest BCUT2D eigenvalue weighted by molar-refractivity contribution is -0.131. The first kappa shape index (κ1) is 15.5. The summed E-state index contributed by atoms with van der Waals surface area (Å²) >= 11 is 0. The zero-order valence-corrected chi connectivity index (χ0v) is 13.5. The highest BCUT2D eigenvalue weighted by molar-refractivity contribution is 5.78. The topological polar surface area (TPSA) is 32.3 Å². The molecular weight excluding hydrogens is 272 g/mol. The molecule has 3 heteroatoms. The summed E-state index contributed by atoms with van der Waals surface area (Å²) in [6, 6.07) is 10.7. The highest BCUT2D eigenvalue weighted by atomic mass is 16.2. The quantitative estimate of drug-likeness (QED) is 0.840. The average Bonchev–Trinajstić information content (AvgIpc) is 3.38. The highest BCUT2D eigenvalue weighted by Gasteiger charge is 2.24. The van der Waals surface area contributed by atoms with Crippen LogP contribution in [0.4, 0.5) is 0 Å². The fourth-order valence-electron chi connectivity index (χ4n) is 3.30. The summed E-state index contributed by atoms with van der Waals surface area (Å²) in [6.07, 6.45) is 7.44. The minimum Gasteiger partial charge on any atom is -0.342 e. The summed E-state index contributed by atoms with van der Waals surface area (Å²) in [6.45, 7) is 3.46. The van der Waals surface area contributed by atoms with Crippen LogP contribution in [0, 0.1) is 11.8 Å². The lowest BCUT2D eigenvalue weighted by atomic mass is 9.90. The summed E-state index contributed by atoms with van der Waals surface area (Å²) in [5.74, 6) is 1.92. The van der Waals surface area contributed by atoms with Crippen molar-refractivity contribution in [3.63, 3.8) is 0 Å². The number of aryl methyl sites for hydroxylation is 1. The molecule has 3 nitrogen and oxygen atoms in total. The third-order valence-electron chi connectivity index (χ3n) is 5.06. The van der Waals surface area contributed by atoms with Crippen molar-refractivity contribution >= 4 is 5.91 Å². The number of carbonyl (C=O) groups is 1. The molecule has 1 aliphatic heterocycles. The smallest absolute Gasteiger partial charge is 0.236 e. The van der Waals surface area contributed by atoms with Crippen LogP contribution in [-0.2, 0) is 11.2 Å². The molecule has 3 rings (SSSR count). The molecule has 1 saturated heterocycles. The van der Waals surface area contributed by atoms with Crippen LogP contribution in [0.3, 0.4) is 0 Å². The van der Waals surface area contributed by atoms with Crippen LogP contribution in [0.15, 0.2) is 30.3 Å². The maximum Gasteiger partial charge on any atom is 0.236 e. The molecule has 0 unspecified atom stereocenters. The molecule has 1 aliphatic carbocycles. The lowest BCUT2D eigenvalue weighted by Gasteiger charge is -2.32. The maximum absolute atomic E-state index is 12.1. The van der Waals surface area contributed by atoms with Crippen molar-refractivity contribution in [1.29, 1.82) is 0 Å². The number of amides is 1. The summed E-state index contributed by atoms with van der Waals surface area (Å²) in [7, 11) is 0. The number of carbonyl (C=O) groups excluding carboxylic acids is 1. The summed E-state index contributed by atoms with van der Waals surface area (Å²) in [5, 5.41) is 3.31. The Balaban J connectivity index is 1.32. The molecule has 0 radical (unpaired) electrons. The van der Waals surface area contributed by atoms with Gasteiger partial charge in [0.15, 0.2) is 0 Å². The van der Waals surface area contributed by atoms with Gasteiger partial charge in [-0.3, -0.25) is 4.79 Å². The van der Waals surface area contributed by atoms with Gasteiger partial charge in [-0.25, -0.2) is 0 Å². The van der Waals surface area contributed by atoms with Gasteiger partial charge >= 0.3 is 0 Å². The van der Waals surface area contributed by atoms with Crippen LogP contribution in [-0.4, -0.2) is 37.0 Å². The second-order valence-corrected chi connectivity index (χ2v) is 6.92. The molecule has 0 spiro atoms. The fraction of sp³-hybridized carbons (Fsp3) is 0.632. The van der Waals surface area contributed by atoms with E-state index in [1.807, 2.05) is 0 Å². The Labute approximate surface area is 134 Å². The van der Waals surface area contributed by atoms with Gasteiger partial charge in [-0.15, -0.1) is 0 Å². The second kappa shape index (κ2) is 7.77. The number of nitrogens with zero attached hydrogens (tertiary/aromatic N) is 1. The monoisotopic (exact) mass is 300 g/mol. The first-order valence-electron chi connectivity index (χ1n) is 8.83. The zero-order chi connectivity index (χ0) is 15.2. The third kappa shape index (κ3) is 4.84. The summed E-state index contributed by atoms with van der Waals surface area (Å²) < 4.78 is 0. The molecule has 1 amide bonds. The molecule has 2 fully saturated rings. The molecule has 0 aromatic heterocycles. The summed E-state index contributed by atoms with van der Waals surface area (Å²) in [4.78, 5) is 14.2. The van der Waals surface area contributed by atoms with Crippen LogP contribution >= 0.6 is 0 Å². The van der Waals surface area contributed by atoms with Gasteiger partial charge in [0.2, 0.25) is 5.91 Å². The number of hydrogen-bond donors (Lipinski definition) is 1. The van der Waals surface area contributed by atoms with Gasteiger partial charge in [0.25, 0.3) is 0 Å². The number of rotatable bonds is 7. The Morgan fingerprint density at radius 1 is 1.05 bits per heavy atom. The minimum atomic E-state index is 0.294. The molecule has 1 aromatic rings. The van der Waals surface area contributed by atoms with Crippen molar-refractivity contribution < 1.29 is 4.79 Å².